The molecule has 8 nitrogen and oxygen atoms in total. The molecule has 0 aromatic carbocycles. The van der Waals surface area contributed by atoms with Crippen LogP contribution >= 0.6 is 0 Å². The zero-order chi connectivity index (χ0) is 17.6. The van der Waals surface area contributed by atoms with Gasteiger partial charge in [-0.2, -0.15) is 0 Å². The minimum atomic E-state index is -0.849. The second-order valence-corrected chi connectivity index (χ2v) is 7.40. The highest BCUT2D eigenvalue weighted by Crippen LogP contribution is 2.45. The van der Waals surface area contributed by atoms with Crippen molar-refractivity contribution in [1.82, 2.24) is 19.8 Å². The topological polar surface area (TPSA) is 95.9 Å². The zero-order valence-electron chi connectivity index (χ0n) is 14.2. The van der Waals surface area contributed by atoms with Gasteiger partial charge in [0.25, 0.3) is 0 Å². The average Bonchev–Trinajstić information content (AvgIpc) is 3.29. The van der Waals surface area contributed by atoms with E-state index in [9.17, 15) is 14.7 Å². The summed E-state index contributed by atoms with van der Waals surface area (Å²) in [6, 6.07) is 0.318. The lowest BCUT2D eigenvalue weighted by atomic mass is 9.81. The molecule has 3 heterocycles. The molecule has 0 radical (unpaired) electrons. The molecule has 1 aliphatic carbocycles. The fraction of sp³-hybridized carbons (Fsp3) is 0.647. The first-order valence-corrected chi connectivity index (χ1v) is 8.61. The molecule has 0 spiro atoms. The first-order valence-electron chi connectivity index (χ1n) is 8.61. The Balaban J connectivity index is 1.45. The minimum Gasteiger partial charge on any atom is -0.481 e. The van der Waals surface area contributed by atoms with E-state index in [2.05, 4.69) is 14.9 Å². The number of rotatable bonds is 5. The number of amides is 1. The molecule has 3 aliphatic rings. The van der Waals surface area contributed by atoms with E-state index in [1.165, 1.54) is 7.11 Å². The Hall–Kier alpha value is -2.22. The number of hydrogen-bond acceptors (Lipinski definition) is 6. The lowest BCUT2D eigenvalue weighted by molar-refractivity contribution is -0.149. The van der Waals surface area contributed by atoms with Crippen molar-refractivity contribution in [2.45, 2.75) is 19.4 Å². The van der Waals surface area contributed by atoms with Crippen LogP contribution in [-0.2, 0) is 16.1 Å². The van der Waals surface area contributed by atoms with E-state index < -0.39 is 11.4 Å². The molecule has 1 saturated carbocycles. The Bertz CT molecular complexity index is 690. The van der Waals surface area contributed by atoms with E-state index in [0.29, 0.717) is 38.7 Å². The number of aliphatic carboxylic acids is 1. The highest BCUT2D eigenvalue weighted by molar-refractivity contribution is 5.84. The van der Waals surface area contributed by atoms with E-state index in [1.807, 2.05) is 0 Å². The standard InChI is InChI=1S/C17H22N4O4/c1-25-16-18-4-11(5-19-16)6-20-7-13-8-21(14(22)12-2-3-12)10-17(13,9-20)15(23)24/h4-5,12-13H,2-3,6-10H2,1H3,(H,23,24)/t13-,17-/m0/s1. The third kappa shape index (κ3) is 2.84. The smallest absolute Gasteiger partial charge is 0.316 e. The summed E-state index contributed by atoms with van der Waals surface area (Å²) in [7, 11) is 1.52. The van der Waals surface area contributed by atoms with Crippen molar-refractivity contribution in [1.29, 1.82) is 0 Å². The van der Waals surface area contributed by atoms with Crippen molar-refractivity contribution in [3.05, 3.63) is 18.0 Å². The van der Waals surface area contributed by atoms with Crippen LogP contribution in [0, 0.1) is 17.3 Å². The largest absolute Gasteiger partial charge is 0.481 e. The molecular weight excluding hydrogens is 324 g/mol. The minimum absolute atomic E-state index is 0.0214. The predicted molar refractivity (Wildman–Crippen MR) is 86.7 cm³/mol. The molecular formula is C17H22N4O4. The molecule has 2 saturated heterocycles. The van der Waals surface area contributed by atoms with Crippen LogP contribution in [0.5, 0.6) is 6.01 Å². The number of fused-ring (bicyclic) bond motifs is 1. The summed E-state index contributed by atoms with van der Waals surface area (Å²) in [6.07, 6.45) is 5.31. The van der Waals surface area contributed by atoms with Crippen molar-refractivity contribution in [2.75, 3.05) is 33.3 Å². The maximum Gasteiger partial charge on any atom is 0.316 e. The maximum absolute atomic E-state index is 12.3. The number of carbonyl (C=O) groups is 2. The van der Waals surface area contributed by atoms with Crippen molar-refractivity contribution in [2.24, 2.45) is 17.3 Å². The third-order valence-corrected chi connectivity index (χ3v) is 5.61. The molecule has 1 amide bonds. The number of aromatic nitrogens is 2. The monoisotopic (exact) mass is 346 g/mol. The lowest BCUT2D eigenvalue weighted by Gasteiger charge is -2.25. The van der Waals surface area contributed by atoms with Gasteiger partial charge in [0.05, 0.1) is 7.11 Å². The van der Waals surface area contributed by atoms with Crippen LogP contribution in [0.1, 0.15) is 18.4 Å². The van der Waals surface area contributed by atoms with Crippen LogP contribution in [0.4, 0.5) is 0 Å². The first kappa shape index (κ1) is 16.3. The molecule has 1 aromatic heterocycles. The Kier molecular flexibility index (Phi) is 3.87. The number of carbonyl (C=O) groups excluding carboxylic acids is 1. The summed E-state index contributed by atoms with van der Waals surface area (Å²) in [4.78, 5) is 36.5. The van der Waals surface area contributed by atoms with Gasteiger partial charge in [-0.3, -0.25) is 14.5 Å². The van der Waals surface area contributed by atoms with E-state index in [-0.39, 0.29) is 17.7 Å². The van der Waals surface area contributed by atoms with Crippen molar-refractivity contribution in [3.8, 4) is 6.01 Å². The van der Waals surface area contributed by atoms with Crippen LogP contribution in [0.3, 0.4) is 0 Å². The average molecular weight is 346 g/mol. The number of carboxylic acid groups (broad SMARTS) is 1. The fourth-order valence-electron chi connectivity index (χ4n) is 4.14. The van der Waals surface area contributed by atoms with Crippen molar-refractivity contribution in [3.63, 3.8) is 0 Å². The molecule has 0 unspecified atom stereocenters. The molecule has 2 atom stereocenters. The first-order chi connectivity index (χ1) is 12.0. The second kappa shape index (κ2) is 5.94. The van der Waals surface area contributed by atoms with Crippen molar-refractivity contribution < 1.29 is 19.4 Å². The van der Waals surface area contributed by atoms with Crippen LogP contribution in [0.2, 0.25) is 0 Å². The molecule has 0 bridgehead atoms. The molecule has 8 heteroatoms. The number of methoxy groups -OCH3 is 1. The van der Waals surface area contributed by atoms with Crippen LogP contribution < -0.4 is 4.74 Å². The number of carboxylic acids is 1. The number of hydrogen-bond donors (Lipinski definition) is 1. The highest BCUT2D eigenvalue weighted by atomic mass is 16.5. The maximum atomic E-state index is 12.3. The molecule has 3 fully saturated rings. The van der Waals surface area contributed by atoms with Crippen molar-refractivity contribution >= 4 is 11.9 Å². The second-order valence-electron chi connectivity index (χ2n) is 7.40. The quantitative estimate of drug-likeness (QED) is 0.816. The Labute approximate surface area is 145 Å². The molecule has 134 valence electrons. The molecule has 2 aliphatic heterocycles. The van der Waals surface area contributed by atoms with Gasteiger partial charge in [0.2, 0.25) is 5.91 Å². The van der Waals surface area contributed by atoms with Crippen LogP contribution in [0.25, 0.3) is 0 Å². The predicted octanol–water partition coefficient (Wildman–Crippen LogP) is 0.240. The van der Waals surface area contributed by atoms with Gasteiger partial charge in [0.1, 0.15) is 5.41 Å². The van der Waals surface area contributed by atoms with Gasteiger partial charge >= 0.3 is 12.0 Å². The molecule has 4 rings (SSSR count). The highest BCUT2D eigenvalue weighted by Gasteiger charge is 2.59. The zero-order valence-corrected chi connectivity index (χ0v) is 14.2. The van der Waals surface area contributed by atoms with Gasteiger partial charge in [-0.05, 0) is 12.8 Å². The van der Waals surface area contributed by atoms with Gasteiger partial charge in [-0.1, -0.05) is 0 Å². The fourth-order valence-corrected chi connectivity index (χ4v) is 4.14. The Morgan fingerprint density at radius 2 is 2.00 bits per heavy atom. The summed E-state index contributed by atoms with van der Waals surface area (Å²) in [5.41, 5.74) is 0.0740. The molecule has 1 N–H and O–H groups in total. The summed E-state index contributed by atoms with van der Waals surface area (Å²) in [5, 5.41) is 9.87. The summed E-state index contributed by atoms with van der Waals surface area (Å²) >= 11 is 0. The van der Waals surface area contributed by atoms with Crippen LogP contribution in [0.15, 0.2) is 12.4 Å². The molecule has 25 heavy (non-hydrogen) atoms. The summed E-state index contributed by atoms with van der Waals surface area (Å²) in [6.45, 7) is 2.61. The van der Waals surface area contributed by atoms with E-state index in [4.69, 9.17) is 4.74 Å². The van der Waals surface area contributed by atoms with Gasteiger partial charge in [0, 0.05) is 62.5 Å². The number of likely N-dealkylation sites (tertiary alicyclic amines) is 2. The van der Waals surface area contributed by atoms with Crippen LogP contribution in [-0.4, -0.2) is 70.0 Å². The summed E-state index contributed by atoms with van der Waals surface area (Å²) < 4.78 is 4.95. The van der Waals surface area contributed by atoms with E-state index in [1.54, 1.807) is 17.3 Å². The van der Waals surface area contributed by atoms with E-state index in [0.717, 1.165) is 18.4 Å². The Morgan fingerprint density at radius 3 is 2.56 bits per heavy atom. The normalized spacial score (nSPS) is 28.8. The number of nitrogens with zero attached hydrogens (tertiary/aromatic N) is 4. The van der Waals surface area contributed by atoms with E-state index >= 15 is 0 Å². The summed E-state index contributed by atoms with van der Waals surface area (Å²) in [5.74, 6) is -0.536. The van der Waals surface area contributed by atoms with Gasteiger partial charge in [-0.25, -0.2) is 9.97 Å². The lowest BCUT2D eigenvalue weighted by Crippen LogP contribution is -2.42. The SMILES string of the molecule is COc1ncc(CN2C[C@H]3CN(C(=O)C4CC4)C[C@@]3(C(=O)O)C2)cn1. The number of ether oxygens (including phenoxy) is 1. The third-order valence-electron chi connectivity index (χ3n) is 5.61. The van der Waals surface area contributed by atoms with Gasteiger partial charge in [0.15, 0.2) is 0 Å². The van der Waals surface area contributed by atoms with Gasteiger partial charge in [-0.15, -0.1) is 0 Å². The molecule has 1 aromatic rings. The Morgan fingerprint density at radius 1 is 1.28 bits per heavy atom. The van der Waals surface area contributed by atoms with Gasteiger partial charge < -0.3 is 14.7 Å².